The highest BCUT2D eigenvalue weighted by Crippen LogP contribution is 2.49. The predicted octanol–water partition coefficient (Wildman–Crippen LogP) is 5.00. The van der Waals surface area contributed by atoms with Gasteiger partial charge in [-0.3, -0.25) is 9.59 Å². The maximum atomic E-state index is 16.1. The van der Waals surface area contributed by atoms with E-state index < -0.39 is 17.2 Å². The highest BCUT2D eigenvalue weighted by atomic mass is 19.1. The van der Waals surface area contributed by atoms with Crippen LogP contribution in [0.3, 0.4) is 0 Å². The summed E-state index contributed by atoms with van der Waals surface area (Å²) >= 11 is 0. The summed E-state index contributed by atoms with van der Waals surface area (Å²) in [6.07, 6.45) is 11.7. The van der Waals surface area contributed by atoms with Crippen molar-refractivity contribution < 1.29 is 18.7 Å². The topological polar surface area (TPSA) is 91.3 Å². The number of fused-ring (bicyclic) bond motifs is 4. The number of likely N-dealkylation sites (N-methyl/N-ethyl adjacent to an activating group) is 1. The summed E-state index contributed by atoms with van der Waals surface area (Å²) in [4.78, 5) is 34.7. The van der Waals surface area contributed by atoms with Crippen LogP contribution in [0.5, 0.6) is 17.2 Å². The molecule has 8 rings (SSSR count). The van der Waals surface area contributed by atoms with Gasteiger partial charge < -0.3 is 39.4 Å². The van der Waals surface area contributed by atoms with Crippen molar-refractivity contribution in [1.82, 2.24) is 24.6 Å². The minimum absolute atomic E-state index is 0.0234. The number of allylic oxidation sites excluding steroid dienone is 2. The first-order valence-corrected chi connectivity index (χ1v) is 17.8. The number of anilines is 1. The molecule has 49 heavy (non-hydrogen) atoms. The van der Waals surface area contributed by atoms with Gasteiger partial charge in [-0.15, -0.1) is 0 Å². The molecule has 0 saturated carbocycles. The minimum atomic E-state index is -0.586. The largest absolute Gasteiger partial charge is 0.488 e. The SMILES string of the molecule is CN1CCN(CCCNC(=O)c2cn3c4c(c(NCCC5CCCN5C)c(F)cc4c2=O)Oc2cc4c(cc2-3)C2=C(C=CCC2)CO4)CC1. The molecule has 1 unspecified atom stereocenters. The molecule has 2 saturated heterocycles. The standard InChI is InChI=1S/C38H45FN6O4/c1-42-15-17-44(18-16-42)14-6-11-41-38(47)29-22-45-31-20-27-26-9-4-3-7-24(26)23-48-32(27)21-33(31)49-37-34(30(39)19-28(35(37)45)36(29)46)40-12-10-25-8-5-13-43(25)2/h3,7,19-22,25,40H,4-6,8-18,23H2,1-2H3,(H,41,47). The highest BCUT2D eigenvalue weighted by Gasteiger charge is 2.32. The molecule has 2 N–H and O–H groups in total. The number of halogens is 1. The van der Waals surface area contributed by atoms with Crippen LogP contribution >= 0.6 is 0 Å². The van der Waals surface area contributed by atoms with Gasteiger partial charge in [0.15, 0.2) is 17.3 Å². The molecule has 0 spiro atoms. The molecule has 3 aromatic rings. The van der Waals surface area contributed by atoms with E-state index in [9.17, 15) is 9.59 Å². The van der Waals surface area contributed by atoms with E-state index in [-0.39, 0.29) is 22.4 Å². The molecular weight excluding hydrogens is 623 g/mol. The molecule has 258 valence electrons. The van der Waals surface area contributed by atoms with Crippen molar-refractivity contribution in [2.75, 3.05) is 78.4 Å². The first-order chi connectivity index (χ1) is 23.9. The van der Waals surface area contributed by atoms with Gasteiger partial charge in [0.05, 0.1) is 11.1 Å². The average Bonchev–Trinajstić information content (AvgIpc) is 3.52. The Labute approximate surface area is 286 Å². The Morgan fingerprint density at radius 1 is 1.06 bits per heavy atom. The smallest absolute Gasteiger partial charge is 0.256 e. The predicted molar refractivity (Wildman–Crippen MR) is 190 cm³/mol. The third-order valence-electron chi connectivity index (χ3n) is 10.9. The quantitative estimate of drug-likeness (QED) is 0.241. The summed E-state index contributed by atoms with van der Waals surface area (Å²) in [7, 11) is 4.26. The summed E-state index contributed by atoms with van der Waals surface area (Å²) in [5.74, 6) is 0.388. The number of rotatable bonds is 9. The Morgan fingerprint density at radius 3 is 2.73 bits per heavy atom. The van der Waals surface area contributed by atoms with Crippen molar-refractivity contribution >= 4 is 28.1 Å². The van der Waals surface area contributed by atoms with E-state index in [0.29, 0.717) is 48.4 Å². The summed E-state index contributed by atoms with van der Waals surface area (Å²) in [5.41, 5.74) is 4.15. The van der Waals surface area contributed by atoms with Crippen LogP contribution in [0.15, 0.2) is 46.9 Å². The third-order valence-corrected chi connectivity index (χ3v) is 10.9. The monoisotopic (exact) mass is 668 g/mol. The first-order valence-electron chi connectivity index (χ1n) is 17.8. The van der Waals surface area contributed by atoms with E-state index in [1.165, 1.54) is 11.6 Å². The van der Waals surface area contributed by atoms with Crippen LogP contribution in [-0.2, 0) is 0 Å². The molecule has 10 nitrogen and oxygen atoms in total. The zero-order valence-corrected chi connectivity index (χ0v) is 28.4. The van der Waals surface area contributed by atoms with Gasteiger partial charge in [-0.25, -0.2) is 4.39 Å². The maximum Gasteiger partial charge on any atom is 0.256 e. The van der Waals surface area contributed by atoms with Gasteiger partial charge in [-0.05, 0) is 89.0 Å². The van der Waals surface area contributed by atoms with E-state index in [1.807, 2.05) is 16.7 Å². The van der Waals surface area contributed by atoms with Crippen molar-refractivity contribution in [2.45, 2.75) is 44.6 Å². The van der Waals surface area contributed by atoms with Gasteiger partial charge in [0.1, 0.15) is 29.1 Å². The fourth-order valence-electron chi connectivity index (χ4n) is 8.02. The zero-order chi connectivity index (χ0) is 33.6. The van der Waals surface area contributed by atoms with Crippen LogP contribution in [0.4, 0.5) is 10.1 Å². The highest BCUT2D eigenvalue weighted by molar-refractivity contribution is 6.01. The number of carbonyl (C=O) groups excluding carboxylic acids is 1. The average molecular weight is 669 g/mol. The molecule has 2 fully saturated rings. The van der Waals surface area contributed by atoms with Crippen molar-refractivity contribution in [3.63, 3.8) is 0 Å². The van der Waals surface area contributed by atoms with Crippen LogP contribution in [0.25, 0.3) is 22.2 Å². The Balaban J connectivity index is 1.15. The lowest BCUT2D eigenvalue weighted by atomic mass is 9.89. The Bertz CT molecular complexity index is 1930. The van der Waals surface area contributed by atoms with Crippen molar-refractivity contribution in [1.29, 1.82) is 0 Å². The van der Waals surface area contributed by atoms with Crippen LogP contribution in [0, 0.1) is 5.82 Å². The number of amides is 1. The molecule has 5 heterocycles. The van der Waals surface area contributed by atoms with Gasteiger partial charge in [0.2, 0.25) is 5.43 Å². The van der Waals surface area contributed by atoms with Gasteiger partial charge >= 0.3 is 0 Å². The van der Waals surface area contributed by atoms with E-state index in [4.69, 9.17) is 9.47 Å². The number of benzene rings is 2. The molecule has 1 aromatic heterocycles. The number of piperazine rings is 1. The number of carbonyl (C=O) groups is 1. The van der Waals surface area contributed by atoms with Gasteiger partial charge in [-0.2, -0.15) is 0 Å². The molecule has 5 aliphatic rings. The lowest BCUT2D eigenvalue weighted by Crippen LogP contribution is -2.45. The lowest BCUT2D eigenvalue weighted by molar-refractivity contribution is 0.0948. The first kappa shape index (κ1) is 32.0. The van der Waals surface area contributed by atoms with Crippen LogP contribution in [0.1, 0.15) is 54.4 Å². The molecule has 2 aromatic carbocycles. The van der Waals surface area contributed by atoms with Crippen LogP contribution in [0.2, 0.25) is 0 Å². The zero-order valence-electron chi connectivity index (χ0n) is 28.4. The van der Waals surface area contributed by atoms with Gasteiger partial charge in [-0.1, -0.05) is 12.2 Å². The number of nitrogens with one attached hydrogen (secondary N) is 2. The van der Waals surface area contributed by atoms with Crippen molar-refractivity contribution in [2.24, 2.45) is 0 Å². The maximum absolute atomic E-state index is 16.1. The van der Waals surface area contributed by atoms with E-state index in [0.717, 1.165) is 88.9 Å². The lowest BCUT2D eigenvalue weighted by Gasteiger charge is -2.32. The Hall–Kier alpha value is -4.19. The summed E-state index contributed by atoms with van der Waals surface area (Å²) in [6.45, 7) is 7.50. The fourth-order valence-corrected chi connectivity index (χ4v) is 8.02. The number of likely N-dealkylation sites (tertiary alicyclic amines) is 1. The number of hydrogen-bond donors (Lipinski definition) is 2. The van der Waals surface area contributed by atoms with Crippen molar-refractivity contribution in [3.05, 3.63) is 69.3 Å². The Kier molecular flexibility index (Phi) is 8.67. The molecule has 0 bridgehead atoms. The van der Waals surface area contributed by atoms with E-state index >= 15 is 4.39 Å². The second-order valence-electron chi connectivity index (χ2n) is 14.1. The minimum Gasteiger partial charge on any atom is -0.488 e. The van der Waals surface area contributed by atoms with E-state index in [1.54, 1.807) is 6.20 Å². The van der Waals surface area contributed by atoms with Gasteiger partial charge in [0, 0.05) is 63.1 Å². The van der Waals surface area contributed by atoms with Crippen LogP contribution in [-0.4, -0.2) is 104 Å². The van der Waals surface area contributed by atoms with Gasteiger partial charge in [0.25, 0.3) is 5.91 Å². The summed E-state index contributed by atoms with van der Waals surface area (Å²) < 4.78 is 30.6. The van der Waals surface area contributed by atoms with Crippen LogP contribution < -0.4 is 25.5 Å². The molecule has 4 aliphatic heterocycles. The second-order valence-corrected chi connectivity index (χ2v) is 14.1. The number of ether oxygens (including phenoxy) is 2. The Morgan fingerprint density at radius 2 is 1.92 bits per heavy atom. The molecular formula is C38H45FN6O4. The molecule has 1 aliphatic carbocycles. The number of pyridine rings is 1. The number of hydrogen-bond acceptors (Lipinski definition) is 8. The normalized spacial score (nSPS) is 20.4. The van der Waals surface area contributed by atoms with Crippen molar-refractivity contribution in [3.8, 4) is 22.9 Å². The summed E-state index contributed by atoms with van der Waals surface area (Å²) in [5, 5.41) is 6.39. The summed E-state index contributed by atoms with van der Waals surface area (Å²) in [6, 6.07) is 5.58. The molecule has 11 heteroatoms. The molecule has 1 amide bonds. The molecule has 1 atom stereocenters. The number of aromatic nitrogens is 1. The third kappa shape index (κ3) is 6.02. The number of nitrogens with zero attached hydrogens (tertiary/aromatic N) is 4. The van der Waals surface area contributed by atoms with E-state index in [2.05, 4.69) is 51.6 Å². The second kappa shape index (κ2) is 13.3. The molecule has 0 radical (unpaired) electrons. The fraction of sp³-hybridized carbons (Fsp3) is 0.474.